The Morgan fingerprint density at radius 2 is 2.33 bits per heavy atom. The number of nitrogens with one attached hydrogen (secondary N) is 3. The molecule has 1 aromatic heterocycles. The minimum absolute atomic E-state index is 0.0330. The van der Waals surface area contributed by atoms with Gasteiger partial charge in [-0.3, -0.25) is 4.79 Å². The van der Waals surface area contributed by atoms with E-state index >= 15 is 0 Å². The van der Waals surface area contributed by atoms with Gasteiger partial charge in [0.2, 0.25) is 5.91 Å². The highest BCUT2D eigenvalue weighted by atomic mass is 32.2. The van der Waals surface area contributed by atoms with Gasteiger partial charge in [-0.25, -0.2) is 18.1 Å². The van der Waals surface area contributed by atoms with Crippen LogP contribution in [0.5, 0.6) is 0 Å². The molecule has 1 aliphatic rings. The van der Waals surface area contributed by atoms with Crippen molar-refractivity contribution in [1.82, 2.24) is 24.9 Å². The van der Waals surface area contributed by atoms with Gasteiger partial charge in [-0.2, -0.15) is 0 Å². The first-order valence-corrected chi connectivity index (χ1v) is 8.34. The molecule has 2 rings (SSSR count). The van der Waals surface area contributed by atoms with Crippen molar-refractivity contribution in [3.8, 4) is 0 Å². The maximum absolute atomic E-state index is 11.9. The number of hydrogen-bond acceptors (Lipinski definition) is 5. The fourth-order valence-corrected chi connectivity index (χ4v) is 3.16. The third kappa shape index (κ3) is 4.26. The van der Waals surface area contributed by atoms with Gasteiger partial charge in [0.25, 0.3) is 10.0 Å². The Morgan fingerprint density at radius 1 is 1.57 bits per heavy atom. The van der Waals surface area contributed by atoms with E-state index in [9.17, 15) is 13.2 Å². The Hall–Kier alpha value is -1.45. The maximum atomic E-state index is 11.9. The van der Waals surface area contributed by atoms with E-state index in [1.807, 2.05) is 0 Å². The van der Waals surface area contributed by atoms with E-state index in [1.165, 1.54) is 17.1 Å². The van der Waals surface area contributed by atoms with Gasteiger partial charge < -0.3 is 15.2 Å². The lowest BCUT2D eigenvalue weighted by Gasteiger charge is -2.30. The van der Waals surface area contributed by atoms with Crippen molar-refractivity contribution in [1.29, 1.82) is 0 Å². The average Bonchev–Trinajstić information content (AvgIpc) is 2.87. The van der Waals surface area contributed by atoms with Crippen molar-refractivity contribution in [2.45, 2.75) is 24.4 Å². The molecule has 0 aromatic carbocycles. The van der Waals surface area contributed by atoms with Crippen molar-refractivity contribution in [2.75, 3.05) is 19.6 Å². The van der Waals surface area contributed by atoms with Gasteiger partial charge in [0.05, 0.1) is 12.9 Å². The molecule has 0 bridgehead atoms. The van der Waals surface area contributed by atoms with Crippen molar-refractivity contribution in [3.63, 3.8) is 0 Å². The van der Waals surface area contributed by atoms with Crippen LogP contribution in [0, 0.1) is 5.92 Å². The number of hydrogen-bond donors (Lipinski definition) is 3. The van der Waals surface area contributed by atoms with Crippen molar-refractivity contribution in [3.05, 3.63) is 12.5 Å². The van der Waals surface area contributed by atoms with E-state index in [2.05, 4.69) is 27.3 Å². The summed E-state index contributed by atoms with van der Waals surface area (Å²) >= 11 is 0. The van der Waals surface area contributed by atoms with Crippen LogP contribution in [0.15, 0.2) is 17.6 Å². The highest BCUT2D eigenvalue weighted by Crippen LogP contribution is 2.10. The maximum Gasteiger partial charge on any atom is 0.260 e. The molecule has 1 saturated heterocycles. The molecule has 1 fully saturated rings. The second kappa shape index (κ2) is 6.54. The number of piperidine rings is 1. The molecule has 3 N–H and O–H groups in total. The molecule has 2 atom stereocenters. The molecule has 9 heteroatoms. The number of aryl methyl sites for hydroxylation is 1. The largest absolute Gasteiger partial charge is 0.351 e. The van der Waals surface area contributed by atoms with Crippen LogP contribution < -0.4 is 15.4 Å². The normalized spacial score (nSPS) is 23.0. The zero-order chi connectivity index (χ0) is 15.5. The molecular formula is C12H21N5O3S. The smallest absolute Gasteiger partial charge is 0.260 e. The summed E-state index contributed by atoms with van der Waals surface area (Å²) in [6.07, 6.45) is 3.77. The third-order valence-corrected chi connectivity index (χ3v) is 4.84. The van der Waals surface area contributed by atoms with Crippen LogP contribution >= 0.6 is 0 Å². The molecule has 1 aromatic rings. The Kier molecular flexibility index (Phi) is 4.96. The molecule has 2 heterocycles. The van der Waals surface area contributed by atoms with Gasteiger partial charge >= 0.3 is 0 Å². The van der Waals surface area contributed by atoms with Crippen LogP contribution in [0.2, 0.25) is 0 Å². The van der Waals surface area contributed by atoms with Crippen LogP contribution in [0.4, 0.5) is 0 Å². The summed E-state index contributed by atoms with van der Waals surface area (Å²) in [5.74, 6) is 0.0395. The molecule has 0 aliphatic carbocycles. The summed E-state index contributed by atoms with van der Waals surface area (Å²) in [6, 6.07) is 0.0330. The zero-order valence-corrected chi connectivity index (χ0v) is 13.0. The van der Waals surface area contributed by atoms with Gasteiger partial charge in [-0.15, -0.1) is 0 Å². The fraction of sp³-hybridized carbons (Fsp3) is 0.667. The van der Waals surface area contributed by atoms with Gasteiger partial charge in [0, 0.05) is 25.8 Å². The fourth-order valence-electron chi connectivity index (χ4n) is 2.20. The van der Waals surface area contributed by atoms with E-state index in [1.54, 1.807) is 7.05 Å². The van der Waals surface area contributed by atoms with Crippen molar-refractivity contribution < 1.29 is 13.2 Å². The van der Waals surface area contributed by atoms with E-state index < -0.39 is 10.0 Å². The molecule has 8 nitrogen and oxygen atoms in total. The number of nitrogens with zero attached hydrogens (tertiary/aromatic N) is 2. The lowest BCUT2D eigenvalue weighted by molar-refractivity contribution is -0.121. The predicted molar refractivity (Wildman–Crippen MR) is 77.0 cm³/mol. The second-order valence-corrected chi connectivity index (χ2v) is 7.06. The van der Waals surface area contributed by atoms with Crippen LogP contribution in [0.1, 0.15) is 13.3 Å². The highest BCUT2D eigenvalue weighted by Gasteiger charge is 2.24. The number of carbonyl (C=O) groups excluding carboxylic acids is 1. The Morgan fingerprint density at radius 3 is 2.95 bits per heavy atom. The first kappa shape index (κ1) is 15.9. The second-order valence-electron chi connectivity index (χ2n) is 5.35. The summed E-state index contributed by atoms with van der Waals surface area (Å²) in [5.41, 5.74) is 0. The number of sulfonamides is 1. The SMILES string of the molecule is CC1CCNCC1NC(=O)CNS(=O)(=O)c1cn(C)cn1. The molecule has 1 aliphatic heterocycles. The molecule has 1 amide bonds. The van der Waals surface area contributed by atoms with Crippen molar-refractivity contribution in [2.24, 2.45) is 13.0 Å². The predicted octanol–water partition coefficient (Wildman–Crippen LogP) is -1.19. The number of carbonyl (C=O) groups is 1. The Balaban J connectivity index is 1.86. The first-order chi connectivity index (χ1) is 9.88. The number of imidazole rings is 1. The summed E-state index contributed by atoms with van der Waals surface area (Å²) in [6.45, 7) is 3.44. The number of aromatic nitrogens is 2. The lowest BCUT2D eigenvalue weighted by Crippen LogP contribution is -2.52. The van der Waals surface area contributed by atoms with Crippen molar-refractivity contribution >= 4 is 15.9 Å². The summed E-state index contributed by atoms with van der Waals surface area (Å²) in [4.78, 5) is 15.6. The summed E-state index contributed by atoms with van der Waals surface area (Å²) in [7, 11) is -2.07. The minimum Gasteiger partial charge on any atom is -0.351 e. The topological polar surface area (TPSA) is 105 Å². The number of rotatable bonds is 5. The van der Waals surface area contributed by atoms with Crippen LogP contribution in [0.25, 0.3) is 0 Å². The standard InChI is InChI=1S/C12H21N5O3S/c1-9-3-4-13-5-10(9)16-11(18)6-15-21(19,20)12-7-17(2)8-14-12/h7-10,13,15H,3-6H2,1-2H3,(H,16,18). The van der Waals surface area contributed by atoms with Gasteiger partial charge in [-0.05, 0) is 18.9 Å². The van der Waals surface area contributed by atoms with Gasteiger partial charge in [0.15, 0.2) is 5.03 Å². The van der Waals surface area contributed by atoms with Crippen LogP contribution in [-0.4, -0.2) is 49.6 Å². The van der Waals surface area contributed by atoms with E-state index in [0.29, 0.717) is 12.5 Å². The quantitative estimate of drug-likeness (QED) is 0.634. The van der Waals surface area contributed by atoms with Gasteiger partial charge in [0.1, 0.15) is 0 Å². The van der Waals surface area contributed by atoms with Crippen LogP contribution in [-0.2, 0) is 21.9 Å². The Bertz CT molecular complexity index is 598. The molecule has 118 valence electrons. The molecule has 0 spiro atoms. The lowest BCUT2D eigenvalue weighted by atomic mass is 9.95. The van der Waals surface area contributed by atoms with E-state index in [0.717, 1.165) is 13.0 Å². The molecule has 0 radical (unpaired) electrons. The van der Waals surface area contributed by atoms with E-state index in [-0.39, 0.29) is 23.5 Å². The monoisotopic (exact) mass is 315 g/mol. The van der Waals surface area contributed by atoms with E-state index in [4.69, 9.17) is 0 Å². The number of amides is 1. The summed E-state index contributed by atoms with van der Waals surface area (Å²) in [5, 5.41) is 5.96. The average molecular weight is 315 g/mol. The Labute approximate surface area is 124 Å². The molecule has 0 saturated carbocycles. The zero-order valence-electron chi connectivity index (χ0n) is 12.2. The molecular weight excluding hydrogens is 294 g/mol. The first-order valence-electron chi connectivity index (χ1n) is 6.86. The van der Waals surface area contributed by atoms with Crippen LogP contribution in [0.3, 0.4) is 0 Å². The third-order valence-electron chi connectivity index (χ3n) is 3.55. The highest BCUT2D eigenvalue weighted by molar-refractivity contribution is 7.89. The minimum atomic E-state index is -3.75. The molecule has 2 unspecified atom stereocenters. The van der Waals surface area contributed by atoms with Gasteiger partial charge in [-0.1, -0.05) is 6.92 Å². The summed E-state index contributed by atoms with van der Waals surface area (Å²) < 4.78 is 27.6. The molecule has 21 heavy (non-hydrogen) atoms.